The number of halogens is 3. The largest absolute Gasteiger partial charge is 0.496 e. The molecule has 0 aliphatic carbocycles. The Morgan fingerprint density at radius 2 is 2.00 bits per heavy atom. The zero-order valence-corrected chi connectivity index (χ0v) is 16.3. The van der Waals surface area contributed by atoms with E-state index < -0.39 is 12.3 Å². The Bertz CT molecular complexity index is 842. The van der Waals surface area contributed by atoms with Gasteiger partial charge in [-0.05, 0) is 48.2 Å². The Morgan fingerprint density at radius 3 is 2.72 bits per heavy atom. The van der Waals surface area contributed by atoms with Crippen LogP contribution in [0.25, 0.3) is 0 Å². The molecule has 7 heteroatoms. The van der Waals surface area contributed by atoms with Crippen molar-refractivity contribution in [2.24, 2.45) is 0 Å². The van der Waals surface area contributed by atoms with Gasteiger partial charge < -0.3 is 20.1 Å². The van der Waals surface area contributed by atoms with Crippen LogP contribution in [0.5, 0.6) is 5.75 Å². The van der Waals surface area contributed by atoms with E-state index in [1.54, 1.807) is 12.1 Å². The van der Waals surface area contributed by atoms with E-state index in [0.717, 1.165) is 19.4 Å². The number of hydrogen-bond acceptors (Lipinski definition) is 4. The fourth-order valence-corrected chi connectivity index (χ4v) is 4.28. The zero-order chi connectivity index (χ0) is 20.4. The number of benzene rings is 2. The zero-order valence-electron chi connectivity index (χ0n) is 16.3. The summed E-state index contributed by atoms with van der Waals surface area (Å²) in [5, 5.41) is 7.10. The Morgan fingerprint density at radius 1 is 1.21 bits per heavy atom. The molecular weight excluding hydrogens is 381 g/mol. The fourth-order valence-electron chi connectivity index (χ4n) is 4.28. The molecular formula is C22H25F3N2O2. The second kappa shape index (κ2) is 8.34. The molecule has 0 spiro atoms. The molecule has 2 aromatic rings. The van der Waals surface area contributed by atoms with Crippen molar-refractivity contribution in [1.29, 1.82) is 0 Å². The average Bonchev–Trinajstić information content (AvgIpc) is 3.15. The van der Waals surface area contributed by atoms with Gasteiger partial charge in [-0.15, -0.1) is 0 Å². The number of hydrogen-bond donors (Lipinski definition) is 2. The van der Waals surface area contributed by atoms with E-state index in [1.165, 1.54) is 12.7 Å². The van der Waals surface area contributed by atoms with Gasteiger partial charge in [-0.3, -0.25) is 0 Å². The van der Waals surface area contributed by atoms with Crippen molar-refractivity contribution in [3.63, 3.8) is 0 Å². The topological polar surface area (TPSA) is 42.5 Å². The van der Waals surface area contributed by atoms with Gasteiger partial charge in [0.1, 0.15) is 5.75 Å². The fraction of sp³-hybridized carbons (Fsp3) is 0.455. The third-order valence-electron chi connectivity index (χ3n) is 5.70. The van der Waals surface area contributed by atoms with Gasteiger partial charge in [-0.2, -0.15) is 13.2 Å². The number of methoxy groups -OCH3 is 1. The first-order valence-corrected chi connectivity index (χ1v) is 9.87. The summed E-state index contributed by atoms with van der Waals surface area (Å²) in [6.07, 6.45) is -4.24. The minimum atomic E-state index is -4.42. The lowest BCUT2D eigenvalue weighted by molar-refractivity contribution is -0.219. The molecule has 156 valence electrons. The number of fused-ring (bicyclic) bond motifs is 1. The summed E-state index contributed by atoms with van der Waals surface area (Å²) in [4.78, 5) is 0. The summed E-state index contributed by atoms with van der Waals surface area (Å²) in [6.45, 7) is 1.33. The van der Waals surface area contributed by atoms with Crippen LogP contribution < -0.4 is 15.4 Å². The van der Waals surface area contributed by atoms with E-state index in [0.29, 0.717) is 23.4 Å². The first-order valence-electron chi connectivity index (χ1n) is 9.87. The van der Waals surface area contributed by atoms with Crippen LogP contribution in [0.1, 0.15) is 47.2 Å². The van der Waals surface area contributed by atoms with E-state index in [-0.39, 0.29) is 24.3 Å². The summed E-state index contributed by atoms with van der Waals surface area (Å²) in [5.41, 5.74) is 2.64. The Kier molecular flexibility index (Phi) is 5.81. The highest BCUT2D eigenvalue weighted by Gasteiger charge is 2.46. The molecule has 2 heterocycles. The predicted molar refractivity (Wildman–Crippen MR) is 104 cm³/mol. The van der Waals surface area contributed by atoms with Crippen LogP contribution in [0.15, 0.2) is 42.5 Å². The third kappa shape index (κ3) is 4.27. The van der Waals surface area contributed by atoms with Gasteiger partial charge in [0.2, 0.25) is 0 Å². The first kappa shape index (κ1) is 20.2. The maximum Gasteiger partial charge on any atom is 0.418 e. The molecule has 4 nitrogen and oxygen atoms in total. The molecule has 0 saturated carbocycles. The van der Waals surface area contributed by atoms with Gasteiger partial charge in [0.15, 0.2) is 6.10 Å². The highest BCUT2D eigenvalue weighted by molar-refractivity contribution is 5.45. The maximum atomic E-state index is 13.3. The average molecular weight is 406 g/mol. The van der Waals surface area contributed by atoms with E-state index in [2.05, 4.69) is 22.8 Å². The molecule has 1 unspecified atom stereocenters. The molecule has 1 fully saturated rings. The van der Waals surface area contributed by atoms with Gasteiger partial charge in [0.25, 0.3) is 0 Å². The lowest BCUT2D eigenvalue weighted by atomic mass is 9.92. The smallest absolute Gasteiger partial charge is 0.418 e. The Labute approximate surface area is 168 Å². The molecule has 1 saturated heterocycles. The van der Waals surface area contributed by atoms with Crippen LogP contribution >= 0.6 is 0 Å². The van der Waals surface area contributed by atoms with E-state index in [1.807, 2.05) is 18.2 Å². The van der Waals surface area contributed by atoms with Crippen molar-refractivity contribution in [3.8, 4) is 5.75 Å². The van der Waals surface area contributed by atoms with Gasteiger partial charge in [0.05, 0.1) is 13.7 Å². The van der Waals surface area contributed by atoms with Crippen LogP contribution in [0.2, 0.25) is 0 Å². The molecule has 2 aliphatic heterocycles. The van der Waals surface area contributed by atoms with Crippen LogP contribution in [0.3, 0.4) is 0 Å². The molecule has 29 heavy (non-hydrogen) atoms. The lowest BCUT2D eigenvalue weighted by Crippen LogP contribution is -2.45. The quantitative estimate of drug-likeness (QED) is 0.772. The molecule has 2 aliphatic rings. The first-order chi connectivity index (χ1) is 14.0. The van der Waals surface area contributed by atoms with Gasteiger partial charge in [0, 0.05) is 24.2 Å². The third-order valence-corrected chi connectivity index (χ3v) is 5.70. The number of ether oxygens (including phenoxy) is 2. The van der Waals surface area contributed by atoms with Crippen molar-refractivity contribution in [2.45, 2.75) is 50.4 Å². The molecule has 0 bridgehead atoms. The molecule has 4 rings (SSSR count). The molecule has 0 aromatic heterocycles. The predicted octanol–water partition coefficient (Wildman–Crippen LogP) is 4.41. The summed E-state index contributed by atoms with van der Waals surface area (Å²) in [6, 6.07) is 13.8. The second-order valence-electron chi connectivity index (χ2n) is 7.57. The Hall–Kier alpha value is -2.09. The van der Waals surface area contributed by atoms with Crippen molar-refractivity contribution in [3.05, 3.63) is 64.7 Å². The summed E-state index contributed by atoms with van der Waals surface area (Å²) < 4.78 is 50.3. The van der Waals surface area contributed by atoms with Crippen LogP contribution in [-0.2, 0) is 17.9 Å². The molecule has 2 N–H and O–H groups in total. The van der Waals surface area contributed by atoms with Crippen molar-refractivity contribution in [2.75, 3.05) is 13.7 Å². The van der Waals surface area contributed by atoms with Gasteiger partial charge >= 0.3 is 6.18 Å². The minimum absolute atomic E-state index is 0.0494. The summed E-state index contributed by atoms with van der Waals surface area (Å²) in [7, 11) is 1.54. The summed E-state index contributed by atoms with van der Waals surface area (Å²) in [5.74, 6) is 0.586. The van der Waals surface area contributed by atoms with E-state index in [9.17, 15) is 13.2 Å². The van der Waals surface area contributed by atoms with Gasteiger partial charge in [-0.1, -0.05) is 30.3 Å². The number of rotatable bonds is 5. The van der Waals surface area contributed by atoms with Crippen LogP contribution in [-0.4, -0.2) is 25.9 Å². The second-order valence-corrected chi connectivity index (χ2v) is 7.57. The van der Waals surface area contributed by atoms with Crippen LogP contribution in [0, 0.1) is 0 Å². The van der Waals surface area contributed by atoms with E-state index >= 15 is 0 Å². The molecule has 3 atom stereocenters. The lowest BCUT2D eigenvalue weighted by Gasteiger charge is -2.34. The number of nitrogens with one attached hydrogen (secondary N) is 2. The van der Waals surface area contributed by atoms with Gasteiger partial charge in [-0.25, -0.2) is 0 Å². The number of piperidine rings is 1. The van der Waals surface area contributed by atoms with Crippen molar-refractivity contribution >= 4 is 0 Å². The normalized spacial score (nSPS) is 24.3. The van der Waals surface area contributed by atoms with Crippen molar-refractivity contribution < 1.29 is 22.6 Å². The molecule has 2 aromatic carbocycles. The van der Waals surface area contributed by atoms with E-state index in [4.69, 9.17) is 9.47 Å². The highest BCUT2D eigenvalue weighted by Crippen LogP contribution is 2.44. The maximum absolute atomic E-state index is 13.3. The monoisotopic (exact) mass is 406 g/mol. The number of alkyl halides is 3. The standard InChI is InChI=1S/C22H25F3N2O2/c1-28-19-11-16-13-29-21(22(23,24)25)17(16)10-15(19)12-27-18-8-5-9-26-20(18)14-6-3-2-4-7-14/h2-4,6-7,10-11,18,20-21,26-27H,5,8-9,12-13H2,1H3/t18-,20-,21?/m0/s1. The SMILES string of the molecule is COc1cc2c(cc1CN[C@H]1CCCN[C@H]1c1ccccc1)C(C(F)(F)F)OC2. The molecule has 0 amide bonds. The van der Waals surface area contributed by atoms with Crippen LogP contribution in [0.4, 0.5) is 13.2 Å². The highest BCUT2D eigenvalue weighted by atomic mass is 19.4. The minimum Gasteiger partial charge on any atom is -0.496 e. The molecule has 0 radical (unpaired) electrons. The summed E-state index contributed by atoms with van der Waals surface area (Å²) >= 11 is 0. The van der Waals surface area contributed by atoms with Crippen molar-refractivity contribution in [1.82, 2.24) is 10.6 Å². The Balaban J connectivity index is 1.54.